The highest BCUT2D eigenvalue weighted by Gasteiger charge is 2.02. The van der Waals surface area contributed by atoms with Gasteiger partial charge < -0.3 is 11.1 Å². The third-order valence-electron chi connectivity index (χ3n) is 2.64. The van der Waals surface area contributed by atoms with Crippen LogP contribution in [0.1, 0.15) is 5.56 Å². The SMILES string of the molecule is Nc1ccc(NCCc2cc(F)cc(F)c2)c(Cl)c1. The summed E-state index contributed by atoms with van der Waals surface area (Å²) in [7, 11) is 0. The molecule has 0 unspecified atom stereocenters. The first-order valence-corrected chi connectivity index (χ1v) is 6.16. The predicted molar refractivity (Wildman–Crippen MR) is 74.4 cm³/mol. The van der Waals surface area contributed by atoms with Crippen molar-refractivity contribution in [3.8, 4) is 0 Å². The van der Waals surface area contributed by atoms with Crippen molar-refractivity contribution in [1.29, 1.82) is 0 Å². The molecule has 0 aliphatic rings. The van der Waals surface area contributed by atoms with Gasteiger partial charge in [0.1, 0.15) is 11.6 Å². The Balaban J connectivity index is 1.96. The van der Waals surface area contributed by atoms with E-state index in [2.05, 4.69) is 5.32 Å². The number of nitrogen functional groups attached to an aromatic ring is 1. The maximum absolute atomic E-state index is 13.0. The molecule has 0 aromatic heterocycles. The van der Waals surface area contributed by atoms with Gasteiger partial charge in [0.2, 0.25) is 0 Å². The Morgan fingerprint density at radius 2 is 1.74 bits per heavy atom. The van der Waals surface area contributed by atoms with Gasteiger partial charge in [0.15, 0.2) is 0 Å². The van der Waals surface area contributed by atoms with Crippen LogP contribution < -0.4 is 11.1 Å². The molecule has 2 aromatic carbocycles. The van der Waals surface area contributed by atoms with E-state index in [9.17, 15) is 8.78 Å². The van der Waals surface area contributed by atoms with Gasteiger partial charge in [-0.1, -0.05) is 11.6 Å². The molecular weight excluding hydrogens is 270 g/mol. The number of halogens is 3. The van der Waals surface area contributed by atoms with Gasteiger partial charge in [-0.15, -0.1) is 0 Å². The monoisotopic (exact) mass is 282 g/mol. The van der Waals surface area contributed by atoms with Crippen LogP contribution in [0.15, 0.2) is 36.4 Å². The van der Waals surface area contributed by atoms with E-state index >= 15 is 0 Å². The number of hydrogen-bond acceptors (Lipinski definition) is 2. The number of hydrogen-bond donors (Lipinski definition) is 2. The molecular formula is C14H13ClF2N2. The maximum Gasteiger partial charge on any atom is 0.126 e. The molecule has 0 aliphatic carbocycles. The lowest BCUT2D eigenvalue weighted by atomic mass is 10.1. The Labute approximate surface area is 115 Å². The molecule has 0 amide bonds. The molecule has 2 rings (SSSR count). The van der Waals surface area contributed by atoms with Gasteiger partial charge in [-0.3, -0.25) is 0 Å². The molecule has 0 spiro atoms. The fourth-order valence-corrected chi connectivity index (χ4v) is 2.03. The standard InChI is InChI=1S/C14H13ClF2N2/c15-13-8-12(18)1-2-14(13)19-4-3-9-5-10(16)7-11(17)6-9/h1-2,5-8,19H,3-4,18H2. The van der Waals surface area contributed by atoms with Gasteiger partial charge in [-0.25, -0.2) is 8.78 Å². The van der Waals surface area contributed by atoms with E-state index in [1.54, 1.807) is 18.2 Å². The highest BCUT2D eigenvalue weighted by atomic mass is 35.5. The number of nitrogens with one attached hydrogen (secondary N) is 1. The molecule has 0 atom stereocenters. The lowest BCUT2D eigenvalue weighted by molar-refractivity contribution is 0.580. The summed E-state index contributed by atoms with van der Waals surface area (Å²) in [5.74, 6) is -1.14. The molecule has 100 valence electrons. The van der Waals surface area contributed by atoms with Crippen LogP contribution in [-0.4, -0.2) is 6.54 Å². The second-order valence-electron chi connectivity index (χ2n) is 4.19. The van der Waals surface area contributed by atoms with Crippen molar-refractivity contribution >= 4 is 23.0 Å². The molecule has 0 aliphatic heterocycles. The van der Waals surface area contributed by atoms with Crippen LogP contribution in [0.2, 0.25) is 5.02 Å². The number of benzene rings is 2. The first-order chi connectivity index (χ1) is 9.04. The highest BCUT2D eigenvalue weighted by molar-refractivity contribution is 6.33. The maximum atomic E-state index is 13.0. The normalized spacial score (nSPS) is 10.5. The summed E-state index contributed by atoms with van der Waals surface area (Å²) < 4.78 is 26.0. The molecule has 0 heterocycles. The van der Waals surface area contributed by atoms with Crippen LogP contribution in [0.25, 0.3) is 0 Å². The third-order valence-corrected chi connectivity index (χ3v) is 2.96. The minimum atomic E-state index is -0.569. The molecule has 0 bridgehead atoms. The lowest BCUT2D eigenvalue weighted by Gasteiger charge is -2.09. The van der Waals surface area contributed by atoms with Crippen LogP contribution in [0.4, 0.5) is 20.2 Å². The van der Waals surface area contributed by atoms with Gasteiger partial charge in [-0.05, 0) is 42.3 Å². The van der Waals surface area contributed by atoms with Gasteiger partial charge in [0.25, 0.3) is 0 Å². The van der Waals surface area contributed by atoms with E-state index in [1.165, 1.54) is 12.1 Å². The van der Waals surface area contributed by atoms with E-state index < -0.39 is 11.6 Å². The third kappa shape index (κ3) is 3.83. The first-order valence-electron chi connectivity index (χ1n) is 5.78. The average molecular weight is 283 g/mol. The van der Waals surface area contributed by atoms with Crippen molar-refractivity contribution in [3.63, 3.8) is 0 Å². The minimum Gasteiger partial charge on any atom is -0.399 e. The van der Waals surface area contributed by atoms with Crippen molar-refractivity contribution < 1.29 is 8.78 Å². The van der Waals surface area contributed by atoms with E-state index in [4.69, 9.17) is 17.3 Å². The van der Waals surface area contributed by atoms with Gasteiger partial charge in [-0.2, -0.15) is 0 Å². The van der Waals surface area contributed by atoms with Gasteiger partial charge >= 0.3 is 0 Å². The fraction of sp³-hybridized carbons (Fsp3) is 0.143. The first kappa shape index (κ1) is 13.6. The van der Waals surface area contributed by atoms with E-state index in [0.717, 1.165) is 11.8 Å². The Morgan fingerprint density at radius 1 is 1.05 bits per heavy atom. The van der Waals surface area contributed by atoms with Crippen LogP contribution in [-0.2, 0) is 6.42 Å². The number of rotatable bonds is 4. The molecule has 19 heavy (non-hydrogen) atoms. The van der Waals surface area contributed by atoms with Crippen LogP contribution in [0, 0.1) is 11.6 Å². The second kappa shape index (κ2) is 5.89. The molecule has 2 aromatic rings. The summed E-state index contributed by atoms with van der Waals surface area (Å²) in [6.45, 7) is 0.520. The summed E-state index contributed by atoms with van der Waals surface area (Å²) in [6.07, 6.45) is 0.495. The number of nitrogens with two attached hydrogens (primary N) is 1. The molecule has 5 heteroatoms. The molecule has 0 radical (unpaired) electrons. The largest absolute Gasteiger partial charge is 0.399 e. The quantitative estimate of drug-likeness (QED) is 0.836. The Morgan fingerprint density at radius 3 is 2.37 bits per heavy atom. The minimum absolute atomic E-state index is 0.495. The van der Waals surface area contributed by atoms with Crippen molar-refractivity contribution in [2.75, 3.05) is 17.6 Å². The predicted octanol–water partition coefficient (Wildman–Crippen LogP) is 3.86. The van der Waals surface area contributed by atoms with E-state index in [0.29, 0.717) is 29.2 Å². The lowest BCUT2D eigenvalue weighted by Crippen LogP contribution is -2.06. The van der Waals surface area contributed by atoms with Crippen LogP contribution in [0.5, 0.6) is 0 Å². The topological polar surface area (TPSA) is 38.0 Å². The molecule has 3 N–H and O–H groups in total. The molecule has 2 nitrogen and oxygen atoms in total. The zero-order valence-electron chi connectivity index (χ0n) is 10.1. The zero-order chi connectivity index (χ0) is 13.8. The fourth-order valence-electron chi connectivity index (χ4n) is 1.77. The van der Waals surface area contributed by atoms with Crippen molar-refractivity contribution in [3.05, 3.63) is 58.6 Å². The van der Waals surface area contributed by atoms with E-state index in [1.807, 2.05) is 0 Å². The second-order valence-corrected chi connectivity index (χ2v) is 4.60. The van der Waals surface area contributed by atoms with Gasteiger partial charge in [0, 0.05) is 18.3 Å². The van der Waals surface area contributed by atoms with Crippen LogP contribution >= 0.6 is 11.6 Å². The van der Waals surface area contributed by atoms with Crippen molar-refractivity contribution in [2.24, 2.45) is 0 Å². The van der Waals surface area contributed by atoms with E-state index in [-0.39, 0.29) is 0 Å². The smallest absolute Gasteiger partial charge is 0.126 e. The molecule has 0 fully saturated rings. The molecule has 0 saturated carbocycles. The Bertz CT molecular complexity index is 567. The molecule has 0 saturated heterocycles. The summed E-state index contributed by atoms with van der Waals surface area (Å²) in [6, 6.07) is 8.63. The van der Waals surface area contributed by atoms with Gasteiger partial charge in [0.05, 0.1) is 10.7 Å². The van der Waals surface area contributed by atoms with Crippen molar-refractivity contribution in [1.82, 2.24) is 0 Å². The van der Waals surface area contributed by atoms with Crippen LogP contribution in [0.3, 0.4) is 0 Å². The average Bonchev–Trinajstić information content (AvgIpc) is 2.30. The summed E-state index contributed by atoms with van der Waals surface area (Å²) in [5, 5.41) is 3.61. The Kier molecular flexibility index (Phi) is 4.22. The summed E-state index contributed by atoms with van der Waals surface area (Å²) in [5.41, 5.74) is 7.51. The number of anilines is 2. The summed E-state index contributed by atoms with van der Waals surface area (Å²) >= 11 is 6.00. The van der Waals surface area contributed by atoms with Crippen molar-refractivity contribution in [2.45, 2.75) is 6.42 Å². The highest BCUT2D eigenvalue weighted by Crippen LogP contribution is 2.23. The Hall–Kier alpha value is -1.81. The summed E-state index contributed by atoms with van der Waals surface area (Å²) in [4.78, 5) is 0. The zero-order valence-corrected chi connectivity index (χ0v) is 10.8.